The van der Waals surface area contributed by atoms with E-state index >= 15 is 0 Å². The van der Waals surface area contributed by atoms with Crippen LogP contribution in [-0.4, -0.2) is 64.4 Å². The van der Waals surface area contributed by atoms with Crippen LogP contribution < -0.4 is 9.80 Å². The van der Waals surface area contributed by atoms with Crippen LogP contribution in [0.15, 0.2) is 36.4 Å². The number of fused-ring (bicyclic) bond motifs is 1. The van der Waals surface area contributed by atoms with Gasteiger partial charge in [-0.15, -0.1) is 0 Å². The molecule has 2 aliphatic heterocycles. The molecule has 1 amide bonds. The molecular formula is C32H36FN7O2S. The lowest BCUT2D eigenvalue weighted by atomic mass is 9.79. The molecule has 6 rings (SSSR count). The van der Waals surface area contributed by atoms with Crippen LogP contribution in [0.2, 0.25) is 0 Å². The molecule has 4 aromatic rings. The van der Waals surface area contributed by atoms with Crippen molar-refractivity contribution in [2.45, 2.75) is 53.1 Å². The summed E-state index contributed by atoms with van der Waals surface area (Å²) in [5.41, 5.74) is 5.83. The predicted octanol–water partition coefficient (Wildman–Crippen LogP) is 6.55. The van der Waals surface area contributed by atoms with Crippen LogP contribution in [0.25, 0.3) is 16.8 Å². The van der Waals surface area contributed by atoms with Crippen molar-refractivity contribution >= 4 is 39.5 Å². The first-order chi connectivity index (χ1) is 20.4. The van der Waals surface area contributed by atoms with Crippen LogP contribution in [-0.2, 0) is 11.2 Å². The summed E-state index contributed by atoms with van der Waals surface area (Å²) in [5.74, 6) is -0.332. The van der Waals surface area contributed by atoms with Gasteiger partial charge in [-0.2, -0.15) is 10.4 Å². The lowest BCUT2D eigenvalue weighted by Gasteiger charge is -2.47. The van der Waals surface area contributed by atoms with Gasteiger partial charge in [0.2, 0.25) is 0 Å². The number of nitrogens with zero attached hydrogens (tertiary/aromatic N) is 7. The standard InChI is InChI=1S/C32H36FN7O2S/c1-7-24-28(37(6)29-35-27(26(16-34)43-29)21-8-10-22(33)11-9-21)25-15-23(14-20(2)40(25)36-24)38-13-12-32(17-38)18-39(19-32)30(41)42-31(3,4)5/h8-11,14-15H,7,12-13,17-19H2,1-6H3. The van der Waals surface area contributed by atoms with Gasteiger partial charge >= 0.3 is 6.09 Å². The topological polar surface area (TPSA) is 90.0 Å². The first-order valence-electron chi connectivity index (χ1n) is 14.6. The van der Waals surface area contributed by atoms with Gasteiger partial charge in [0.1, 0.15) is 28.1 Å². The lowest BCUT2D eigenvalue weighted by molar-refractivity contribution is -0.0266. The molecule has 224 valence electrons. The number of aromatic nitrogens is 3. The Bertz CT molecular complexity index is 1740. The summed E-state index contributed by atoms with van der Waals surface area (Å²) >= 11 is 1.31. The highest BCUT2D eigenvalue weighted by Gasteiger charge is 2.50. The smallest absolute Gasteiger partial charge is 0.410 e. The van der Waals surface area contributed by atoms with Crippen molar-refractivity contribution in [1.29, 1.82) is 5.26 Å². The fraction of sp³-hybridized carbons (Fsp3) is 0.438. The maximum atomic E-state index is 13.6. The number of halogens is 1. The van der Waals surface area contributed by atoms with E-state index in [2.05, 4.69) is 36.9 Å². The minimum atomic E-state index is -0.501. The third kappa shape index (κ3) is 5.29. The number of hydrogen-bond acceptors (Lipinski definition) is 8. The van der Waals surface area contributed by atoms with Gasteiger partial charge < -0.3 is 19.4 Å². The Morgan fingerprint density at radius 2 is 1.93 bits per heavy atom. The number of anilines is 3. The van der Waals surface area contributed by atoms with Gasteiger partial charge in [0.05, 0.1) is 16.9 Å². The van der Waals surface area contributed by atoms with Crippen LogP contribution in [0.1, 0.15) is 50.4 Å². The van der Waals surface area contributed by atoms with E-state index in [0.717, 1.165) is 54.2 Å². The van der Waals surface area contributed by atoms with Crippen molar-refractivity contribution in [1.82, 2.24) is 19.5 Å². The first kappa shape index (κ1) is 28.9. The summed E-state index contributed by atoms with van der Waals surface area (Å²) in [6, 6.07) is 12.7. The van der Waals surface area contributed by atoms with Crippen LogP contribution >= 0.6 is 11.3 Å². The second kappa shape index (κ2) is 10.5. The number of pyridine rings is 1. The molecule has 3 aromatic heterocycles. The number of hydrogen-bond donors (Lipinski definition) is 0. The highest BCUT2D eigenvalue weighted by molar-refractivity contribution is 7.16. The summed E-state index contributed by atoms with van der Waals surface area (Å²) < 4.78 is 21.1. The zero-order valence-corrected chi connectivity index (χ0v) is 26.3. The van der Waals surface area contributed by atoms with E-state index in [0.29, 0.717) is 34.4 Å². The number of benzene rings is 1. The van der Waals surface area contributed by atoms with Crippen LogP contribution in [0.3, 0.4) is 0 Å². The molecule has 0 aliphatic carbocycles. The summed E-state index contributed by atoms with van der Waals surface area (Å²) in [5, 5.41) is 15.5. The molecule has 1 spiro atoms. The largest absolute Gasteiger partial charge is 0.444 e. The number of aryl methyl sites for hydroxylation is 2. The molecule has 2 saturated heterocycles. The Morgan fingerprint density at radius 3 is 2.58 bits per heavy atom. The molecule has 2 fully saturated rings. The maximum absolute atomic E-state index is 13.6. The highest BCUT2D eigenvalue weighted by Crippen LogP contribution is 2.43. The molecule has 2 aliphatic rings. The van der Waals surface area contributed by atoms with E-state index in [-0.39, 0.29) is 17.3 Å². The molecule has 43 heavy (non-hydrogen) atoms. The Kier molecular flexibility index (Phi) is 7.08. The van der Waals surface area contributed by atoms with Gasteiger partial charge in [-0.05, 0) is 76.9 Å². The van der Waals surface area contributed by atoms with E-state index in [1.807, 2.05) is 42.1 Å². The lowest BCUT2D eigenvalue weighted by Crippen LogP contribution is -2.60. The van der Waals surface area contributed by atoms with Gasteiger partial charge in [0.25, 0.3) is 0 Å². The number of nitriles is 1. The SMILES string of the molecule is CCc1nn2c(C)cc(N3CCC4(CN(C(=O)OC(C)(C)C)C4)C3)cc2c1N(C)c1nc(-c2ccc(F)cc2)c(C#N)s1. The van der Waals surface area contributed by atoms with Crippen molar-refractivity contribution in [2.75, 3.05) is 43.0 Å². The average Bonchev–Trinajstić information content (AvgIpc) is 3.66. The van der Waals surface area contributed by atoms with E-state index in [9.17, 15) is 14.4 Å². The van der Waals surface area contributed by atoms with Gasteiger partial charge in [-0.25, -0.2) is 18.7 Å². The number of thiazole rings is 1. The summed E-state index contributed by atoms with van der Waals surface area (Å²) in [4.78, 5) is 24.1. The van der Waals surface area contributed by atoms with E-state index < -0.39 is 5.60 Å². The molecule has 5 heterocycles. The molecule has 0 N–H and O–H groups in total. The highest BCUT2D eigenvalue weighted by atomic mass is 32.1. The van der Waals surface area contributed by atoms with Crippen molar-refractivity contribution in [3.8, 4) is 17.3 Å². The molecule has 0 saturated carbocycles. The number of carbonyl (C=O) groups excluding carboxylic acids is 1. The molecule has 1 aromatic carbocycles. The molecular weight excluding hydrogens is 565 g/mol. The molecule has 11 heteroatoms. The van der Waals surface area contributed by atoms with Crippen molar-refractivity contribution < 1.29 is 13.9 Å². The molecule has 0 atom stereocenters. The first-order valence-corrected chi connectivity index (χ1v) is 15.4. The van der Waals surface area contributed by atoms with Crippen LogP contribution in [0, 0.1) is 29.5 Å². The Labute approximate surface area is 255 Å². The second-order valence-corrected chi connectivity index (χ2v) is 13.6. The maximum Gasteiger partial charge on any atom is 0.410 e. The summed E-state index contributed by atoms with van der Waals surface area (Å²) in [6.45, 7) is 13.0. The quantitative estimate of drug-likeness (QED) is 0.256. The van der Waals surface area contributed by atoms with E-state index in [1.165, 1.54) is 23.5 Å². The summed E-state index contributed by atoms with van der Waals surface area (Å²) in [7, 11) is 1.96. The molecule has 0 radical (unpaired) electrons. The number of amides is 1. The van der Waals surface area contributed by atoms with Crippen LogP contribution in [0.5, 0.6) is 0 Å². The number of ether oxygens (including phenoxy) is 1. The third-order valence-electron chi connectivity index (χ3n) is 8.24. The summed E-state index contributed by atoms with van der Waals surface area (Å²) in [6.07, 6.45) is 1.51. The number of rotatable bonds is 5. The normalized spacial score (nSPS) is 16.0. The van der Waals surface area contributed by atoms with Gasteiger partial charge in [-0.1, -0.05) is 18.3 Å². The molecule has 0 unspecified atom stereocenters. The fourth-order valence-corrected chi connectivity index (χ4v) is 7.02. The fourth-order valence-electron chi connectivity index (χ4n) is 6.17. The molecule has 9 nitrogen and oxygen atoms in total. The zero-order chi connectivity index (χ0) is 30.7. The van der Waals surface area contributed by atoms with Crippen LogP contribution in [0.4, 0.5) is 25.7 Å². The van der Waals surface area contributed by atoms with Crippen molar-refractivity contribution in [3.63, 3.8) is 0 Å². The van der Waals surface area contributed by atoms with Gasteiger partial charge in [0, 0.05) is 55.6 Å². The molecule has 0 bridgehead atoms. The van der Waals surface area contributed by atoms with Gasteiger partial charge in [-0.3, -0.25) is 0 Å². The second-order valence-electron chi connectivity index (χ2n) is 12.7. The minimum Gasteiger partial charge on any atom is -0.444 e. The predicted molar refractivity (Wildman–Crippen MR) is 167 cm³/mol. The number of carbonyl (C=O) groups is 1. The number of likely N-dealkylation sites (tertiary alicyclic amines) is 1. The zero-order valence-electron chi connectivity index (χ0n) is 25.4. The van der Waals surface area contributed by atoms with E-state index in [1.54, 1.807) is 12.1 Å². The monoisotopic (exact) mass is 601 g/mol. The van der Waals surface area contributed by atoms with Crippen molar-refractivity contribution in [3.05, 3.63) is 58.5 Å². The average molecular weight is 602 g/mol. The van der Waals surface area contributed by atoms with E-state index in [4.69, 9.17) is 14.8 Å². The Balaban J connectivity index is 1.29. The van der Waals surface area contributed by atoms with Gasteiger partial charge in [0.15, 0.2) is 5.13 Å². The van der Waals surface area contributed by atoms with Crippen molar-refractivity contribution in [2.24, 2.45) is 5.41 Å². The minimum absolute atomic E-state index is 0.0801. The Hall–Kier alpha value is -4.17. The third-order valence-corrected chi connectivity index (χ3v) is 9.28. The Morgan fingerprint density at radius 1 is 1.21 bits per heavy atom.